The molecule has 4 rings (SSSR count). The predicted octanol–water partition coefficient (Wildman–Crippen LogP) is 4.59. The Balaban J connectivity index is 1.73. The zero-order valence-corrected chi connectivity index (χ0v) is 16.1. The normalized spacial score (nSPS) is 49.7. The van der Waals surface area contributed by atoms with Crippen LogP contribution in [0.1, 0.15) is 73.1 Å². The van der Waals surface area contributed by atoms with Crippen molar-refractivity contribution in [3.63, 3.8) is 0 Å². The summed E-state index contributed by atoms with van der Waals surface area (Å²) in [6.07, 6.45) is 6.55. The minimum atomic E-state index is -0.392. The Morgan fingerprint density at radius 3 is 2.21 bits per heavy atom. The Hall–Kier alpha value is -0.410. The van der Waals surface area contributed by atoms with Crippen molar-refractivity contribution in [3.8, 4) is 0 Å². The molecule has 0 amide bonds. The van der Waals surface area contributed by atoms with Gasteiger partial charge in [0.1, 0.15) is 5.78 Å². The van der Waals surface area contributed by atoms with Crippen LogP contribution in [0.2, 0.25) is 0 Å². The van der Waals surface area contributed by atoms with Gasteiger partial charge in [0.15, 0.2) is 5.79 Å². The Labute approximate surface area is 146 Å². The van der Waals surface area contributed by atoms with Crippen LogP contribution in [0.15, 0.2) is 0 Å². The lowest BCUT2D eigenvalue weighted by Crippen LogP contribution is -2.65. The Morgan fingerprint density at radius 1 is 0.875 bits per heavy atom. The van der Waals surface area contributed by atoms with Crippen LogP contribution in [0.25, 0.3) is 0 Å². The third-order valence-electron chi connectivity index (χ3n) is 8.81. The molecular weight excluding hydrogens is 300 g/mol. The standard InChI is InChI=1S/C21H34O3/c1-14-6-7-16-19(4)10-11-21(23-12-13-24-21)18(2,3)15(19)8-9-20(16,5)17(14)22/h14-16H,6-13H2,1-5H3/t14?,15-,16+,19-,20+/m0/s1. The van der Waals surface area contributed by atoms with Gasteiger partial charge in [0, 0.05) is 23.2 Å². The second kappa shape index (κ2) is 5.07. The van der Waals surface area contributed by atoms with Gasteiger partial charge in [-0.05, 0) is 49.4 Å². The number of carbonyl (C=O) groups is 1. The van der Waals surface area contributed by atoms with Crippen molar-refractivity contribution in [3.05, 3.63) is 0 Å². The van der Waals surface area contributed by atoms with Crippen molar-refractivity contribution in [1.29, 1.82) is 0 Å². The maximum atomic E-state index is 13.1. The van der Waals surface area contributed by atoms with Crippen molar-refractivity contribution in [2.75, 3.05) is 13.2 Å². The Morgan fingerprint density at radius 2 is 1.54 bits per heavy atom. The fourth-order valence-electron chi connectivity index (χ4n) is 7.50. The highest BCUT2D eigenvalue weighted by Crippen LogP contribution is 2.69. The maximum Gasteiger partial charge on any atom is 0.173 e. The summed E-state index contributed by atoms with van der Waals surface area (Å²) in [5.74, 6) is 1.47. The minimum absolute atomic E-state index is 0.00391. The van der Waals surface area contributed by atoms with Crippen LogP contribution in [0.3, 0.4) is 0 Å². The molecule has 4 aliphatic rings. The number of hydrogen-bond acceptors (Lipinski definition) is 3. The summed E-state index contributed by atoms with van der Waals surface area (Å²) < 4.78 is 12.4. The summed E-state index contributed by atoms with van der Waals surface area (Å²) >= 11 is 0. The van der Waals surface area contributed by atoms with E-state index in [0.717, 1.165) is 45.3 Å². The number of rotatable bonds is 0. The number of Topliss-reactive ketones (excluding diaryl/α,β-unsaturated/α-hetero) is 1. The molecule has 0 aromatic carbocycles. The summed E-state index contributed by atoms with van der Waals surface area (Å²) in [4.78, 5) is 13.1. The molecule has 3 nitrogen and oxygen atoms in total. The third kappa shape index (κ3) is 1.89. The second-order valence-corrected chi connectivity index (χ2v) is 10.1. The fourth-order valence-corrected chi connectivity index (χ4v) is 7.50. The molecule has 3 heteroatoms. The van der Waals surface area contributed by atoms with Gasteiger partial charge in [-0.15, -0.1) is 0 Å². The second-order valence-electron chi connectivity index (χ2n) is 10.1. The molecule has 0 N–H and O–H groups in total. The molecule has 0 bridgehead atoms. The molecular formula is C21H34O3. The van der Waals surface area contributed by atoms with Gasteiger partial charge in [-0.3, -0.25) is 4.79 Å². The molecule has 24 heavy (non-hydrogen) atoms. The Bertz CT molecular complexity index is 547. The van der Waals surface area contributed by atoms with Crippen molar-refractivity contribution in [2.45, 2.75) is 78.9 Å². The molecule has 1 aliphatic heterocycles. The van der Waals surface area contributed by atoms with E-state index >= 15 is 0 Å². The van der Waals surface area contributed by atoms with Crippen LogP contribution in [-0.4, -0.2) is 24.8 Å². The molecule has 4 fully saturated rings. The topological polar surface area (TPSA) is 35.5 Å². The summed E-state index contributed by atoms with van der Waals surface area (Å²) in [6, 6.07) is 0. The van der Waals surface area contributed by atoms with Crippen LogP contribution >= 0.6 is 0 Å². The van der Waals surface area contributed by atoms with E-state index in [0.29, 0.717) is 17.6 Å². The minimum Gasteiger partial charge on any atom is -0.347 e. The molecule has 1 saturated heterocycles. The molecule has 1 heterocycles. The third-order valence-corrected chi connectivity index (χ3v) is 8.81. The number of ketones is 1. The molecule has 0 aromatic rings. The lowest BCUT2D eigenvalue weighted by Gasteiger charge is -2.66. The molecule has 3 saturated carbocycles. The van der Waals surface area contributed by atoms with E-state index in [9.17, 15) is 4.79 Å². The summed E-state index contributed by atoms with van der Waals surface area (Å²) in [5.41, 5.74) is 0.123. The number of fused-ring (bicyclic) bond motifs is 3. The van der Waals surface area contributed by atoms with Gasteiger partial charge >= 0.3 is 0 Å². The number of ether oxygens (including phenoxy) is 2. The molecule has 1 spiro atoms. The van der Waals surface area contributed by atoms with Gasteiger partial charge < -0.3 is 9.47 Å². The van der Waals surface area contributed by atoms with Crippen LogP contribution < -0.4 is 0 Å². The first-order chi connectivity index (χ1) is 11.2. The van der Waals surface area contributed by atoms with Crippen molar-refractivity contribution in [2.24, 2.45) is 34.0 Å². The average molecular weight is 335 g/mol. The van der Waals surface area contributed by atoms with Gasteiger partial charge in [0.05, 0.1) is 13.2 Å². The largest absolute Gasteiger partial charge is 0.347 e. The SMILES string of the molecule is CC1CC[C@@H]2[C@@]3(C)CCC4(OCCO4)C(C)(C)[C@@H]3CC[C@@]2(C)C1=O. The smallest absolute Gasteiger partial charge is 0.173 e. The zero-order valence-electron chi connectivity index (χ0n) is 16.1. The first-order valence-electron chi connectivity index (χ1n) is 10.00. The van der Waals surface area contributed by atoms with E-state index in [4.69, 9.17) is 9.47 Å². The van der Waals surface area contributed by atoms with Crippen molar-refractivity contribution >= 4 is 5.78 Å². The first kappa shape index (κ1) is 17.0. The van der Waals surface area contributed by atoms with Crippen LogP contribution in [-0.2, 0) is 14.3 Å². The van der Waals surface area contributed by atoms with E-state index < -0.39 is 5.79 Å². The van der Waals surface area contributed by atoms with Gasteiger partial charge in [-0.2, -0.15) is 0 Å². The van der Waals surface area contributed by atoms with Crippen molar-refractivity contribution in [1.82, 2.24) is 0 Å². The van der Waals surface area contributed by atoms with Gasteiger partial charge in [0.25, 0.3) is 0 Å². The Kier molecular flexibility index (Phi) is 3.59. The number of hydrogen-bond donors (Lipinski definition) is 0. The average Bonchev–Trinajstić information content (AvgIpc) is 3.00. The molecule has 0 aromatic heterocycles. The van der Waals surface area contributed by atoms with E-state index in [1.165, 1.54) is 6.42 Å². The van der Waals surface area contributed by atoms with Crippen LogP contribution in [0.4, 0.5) is 0 Å². The molecule has 5 atom stereocenters. The zero-order chi connectivity index (χ0) is 17.4. The molecule has 1 unspecified atom stereocenters. The van der Waals surface area contributed by atoms with E-state index in [2.05, 4.69) is 34.6 Å². The van der Waals surface area contributed by atoms with E-state index in [1.54, 1.807) is 0 Å². The van der Waals surface area contributed by atoms with Crippen molar-refractivity contribution < 1.29 is 14.3 Å². The molecule has 136 valence electrons. The lowest BCUT2D eigenvalue weighted by atomic mass is 9.39. The quantitative estimate of drug-likeness (QED) is 0.650. The maximum absolute atomic E-state index is 13.1. The van der Waals surface area contributed by atoms with E-state index in [1.807, 2.05) is 0 Å². The highest BCUT2D eigenvalue weighted by atomic mass is 16.7. The molecule has 0 radical (unpaired) electrons. The van der Waals surface area contributed by atoms with Gasteiger partial charge in [-0.25, -0.2) is 0 Å². The van der Waals surface area contributed by atoms with Gasteiger partial charge in [0.2, 0.25) is 0 Å². The fraction of sp³-hybridized carbons (Fsp3) is 0.952. The van der Waals surface area contributed by atoms with Gasteiger partial charge in [-0.1, -0.05) is 34.6 Å². The molecule has 3 aliphatic carbocycles. The van der Waals surface area contributed by atoms with Crippen LogP contribution in [0, 0.1) is 34.0 Å². The predicted molar refractivity (Wildman–Crippen MR) is 93.5 cm³/mol. The summed E-state index contributed by atoms with van der Waals surface area (Å²) in [7, 11) is 0. The van der Waals surface area contributed by atoms with E-state index in [-0.39, 0.29) is 22.2 Å². The lowest BCUT2D eigenvalue weighted by molar-refractivity contribution is -0.301. The highest BCUT2D eigenvalue weighted by molar-refractivity contribution is 5.87. The van der Waals surface area contributed by atoms with Crippen LogP contribution in [0.5, 0.6) is 0 Å². The number of carbonyl (C=O) groups excluding carboxylic acids is 1. The summed E-state index contributed by atoms with van der Waals surface area (Å²) in [6.45, 7) is 13.1. The summed E-state index contributed by atoms with van der Waals surface area (Å²) in [5, 5.41) is 0. The monoisotopic (exact) mass is 334 g/mol. The first-order valence-corrected chi connectivity index (χ1v) is 10.00. The highest BCUT2D eigenvalue weighted by Gasteiger charge is 2.68.